The van der Waals surface area contributed by atoms with E-state index in [1.54, 1.807) is 6.07 Å². The van der Waals surface area contributed by atoms with Crippen molar-refractivity contribution in [3.8, 4) is 0 Å². The summed E-state index contributed by atoms with van der Waals surface area (Å²) in [6.45, 7) is 7.03. The van der Waals surface area contributed by atoms with Crippen LogP contribution in [0.1, 0.15) is 37.4 Å². The summed E-state index contributed by atoms with van der Waals surface area (Å²) in [5.74, 6) is -1.07. The Morgan fingerprint density at radius 1 is 1.29 bits per heavy atom. The van der Waals surface area contributed by atoms with Gasteiger partial charge in [0.15, 0.2) is 0 Å². The van der Waals surface area contributed by atoms with Crippen molar-refractivity contribution in [2.45, 2.75) is 26.3 Å². The number of carboxylic acid groups (broad SMARTS) is 1. The van der Waals surface area contributed by atoms with Gasteiger partial charge in [0.25, 0.3) is 6.43 Å². The summed E-state index contributed by atoms with van der Waals surface area (Å²) < 4.78 is 25.4. The normalized spacial score (nSPS) is 12.9. The number of hydrogen-bond donors (Lipinski definition) is 2. The van der Waals surface area contributed by atoms with Gasteiger partial charge in [-0.3, -0.25) is 10.1 Å². The number of rotatable bonds is 9. The van der Waals surface area contributed by atoms with Gasteiger partial charge in [-0.2, -0.15) is 0 Å². The number of nitrogens with zero attached hydrogens (tertiary/aromatic N) is 1. The van der Waals surface area contributed by atoms with E-state index >= 15 is 0 Å². The zero-order chi connectivity index (χ0) is 15.8. The van der Waals surface area contributed by atoms with Crippen LogP contribution in [0.25, 0.3) is 0 Å². The van der Waals surface area contributed by atoms with E-state index in [1.165, 1.54) is 18.2 Å². The van der Waals surface area contributed by atoms with Crippen molar-refractivity contribution < 1.29 is 18.7 Å². The summed E-state index contributed by atoms with van der Waals surface area (Å²) in [4.78, 5) is 13.5. The molecule has 1 atom stereocenters. The molecule has 0 amide bonds. The summed E-state index contributed by atoms with van der Waals surface area (Å²) >= 11 is 0. The highest BCUT2D eigenvalue weighted by Gasteiger charge is 2.20. The predicted octanol–water partition coefficient (Wildman–Crippen LogP) is 2.68. The molecule has 0 spiro atoms. The zero-order valence-electron chi connectivity index (χ0n) is 12.4. The maximum absolute atomic E-state index is 12.7. The standard InChI is InChI=1S/C15H22F2N2O2/c1-3-19(4-2)9-8-18-13(15(20)21)11-6-5-7-12(10-11)14(16)17/h5-7,10,13-14,18H,3-4,8-9H2,1-2H3,(H,20,21). The van der Waals surface area contributed by atoms with Crippen LogP contribution >= 0.6 is 0 Å². The van der Waals surface area contributed by atoms with Gasteiger partial charge in [-0.05, 0) is 24.7 Å². The first-order chi connectivity index (χ1) is 9.99. The van der Waals surface area contributed by atoms with Gasteiger partial charge in [-0.15, -0.1) is 0 Å². The molecule has 0 heterocycles. The molecule has 1 unspecified atom stereocenters. The van der Waals surface area contributed by atoms with Gasteiger partial charge in [-0.25, -0.2) is 8.78 Å². The fraction of sp³-hybridized carbons (Fsp3) is 0.533. The van der Waals surface area contributed by atoms with E-state index in [0.717, 1.165) is 13.1 Å². The number of likely N-dealkylation sites (N-methyl/N-ethyl adjacent to an activating group) is 1. The van der Waals surface area contributed by atoms with Crippen molar-refractivity contribution in [1.29, 1.82) is 0 Å². The van der Waals surface area contributed by atoms with Gasteiger partial charge in [0, 0.05) is 18.7 Å². The van der Waals surface area contributed by atoms with Crippen molar-refractivity contribution in [2.24, 2.45) is 0 Å². The lowest BCUT2D eigenvalue weighted by molar-refractivity contribution is -0.139. The fourth-order valence-electron chi connectivity index (χ4n) is 2.13. The van der Waals surface area contributed by atoms with E-state index in [9.17, 15) is 18.7 Å². The Kier molecular flexibility index (Phi) is 7.25. The molecule has 0 bridgehead atoms. The second-order valence-corrected chi connectivity index (χ2v) is 4.72. The zero-order valence-corrected chi connectivity index (χ0v) is 12.4. The second-order valence-electron chi connectivity index (χ2n) is 4.72. The number of carbonyl (C=O) groups is 1. The Morgan fingerprint density at radius 3 is 2.43 bits per heavy atom. The van der Waals surface area contributed by atoms with Crippen LogP contribution in [0.4, 0.5) is 8.78 Å². The van der Waals surface area contributed by atoms with Crippen molar-refractivity contribution in [1.82, 2.24) is 10.2 Å². The lowest BCUT2D eigenvalue weighted by Gasteiger charge is -2.21. The quantitative estimate of drug-likeness (QED) is 0.736. The number of hydrogen-bond acceptors (Lipinski definition) is 3. The molecule has 1 rings (SSSR count). The number of nitrogens with one attached hydrogen (secondary N) is 1. The molecule has 1 aromatic rings. The third kappa shape index (κ3) is 5.40. The Balaban J connectivity index is 2.73. The molecule has 1 aromatic carbocycles. The minimum atomic E-state index is -2.60. The van der Waals surface area contributed by atoms with Crippen LogP contribution < -0.4 is 5.32 Å². The first-order valence-corrected chi connectivity index (χ1v) is 7.06. The smallest absolute Gasteiger partial charge is 0.325 e. The van der Waals surface area contributed by atoms with E-state index in [4.69, 9.17) is 0 Å². The first kappa shape index (κ1) is 17.5. The molecule has 6 heteroatoms. The molecule has 118 valence electrons. The van der Waals surface area contributed by atoms with E-state index in [2.05, 4.69) is 10.2 Å². The van der Waals surface area contributed by atoms with Crippen molar-refractivity contribution in [3.05, 3.63) is 35.4 Å². The van der Waals surface area contributed by atoms with Crippen LogP contribution in [0, 0.1) is 0 Å². The molecule has 2 N–H and O–H groups in total. The van der Waals surface area contributed by atoms with E-state index in [-0.39, 0.29) is 5.56 Å². The molecular weight excluding hydrogens is 278 g/mol. The predicted molar refractivity (Wildman–Crippen MR) is 77.6 cm³/mol. The summed E-state index contributed by atoms with van der Waals surface area (Å²) in [5, 5.41) is 12.2. The topological polar surface area (TPSA) is 52.6 Å². The van der Waals surface area contributed by atoms with Gasteiger partial charge >= 0.3 is 5.97 Å². The highest BCUT2D eigenvalue weighted by Crippen LogP contribution is 2.22. The maximum Gasteiger partial charge on any atom is 0.325 e. The SMILES string of the molecule is CCN(CC)CCNC(C(=O)O)c1cccc(C(F)F)c1. The highest BCUT2D eigenvalue weighted by atomic mass is 19.3. The van der Waals surface area contributed by atoms with Crippen LogP contribution in [0.15, 0.2) is 24.3 Å². The Hall–Kier alpha value is -1.53. The molecule has 0 aliphatic carbocycles. The van der Waals surface area contributed by atoms with E-state index in [1.807, 2.05) is 13.8 Å². The minimum absolute atomic E-state index is 0.163. The number of carboxylic acids is 1. The van der Waals surface area contributed by atoms with E-state index in [0.29, 0.717) is 18.7 Å². The number of halogens is 2. The van der Waals surface area contributed by atoms with E-state index < -0.39 is 18.4 Å². The molecule has 0 saturated heterocycles. The monoisotopic (exact) mass is 300 g/mol. The fourth-order valence-corrected chi connectivity index (χ4v) is 2.13. The Labute approximate surface area is 123 Å². The van der Waals surface area contributed by atoms with Crippen LogP contribution in [-0.2, 0) is 4.79 Å². The molecule has 0 fully saturated rings. The summed E-state index contributed by atoms with van der Waals surface area (Å²) in [5.41, 5.74) is 0.184. The van der Waals surface area contributed by atoms with Gasteiger partial charge in [0.05, 0.1) is 0 Å². The summed E-state index contributed by atoms with van der Waals surface area (Å²) in [6.07, 6.45) is -2.60. The van der Waals surface area contributed by atoms with Crippen molar-refractivity contribution in [3.63, 3.8) is 0 Å². The van der Waals surface area contributed by atoms with Crippen molar-refractivity contribution >= 4 is 5.97 Å². The van der Waals surface area contributed by atoms with Gasteiger partial charge in [0.1, 0.15) is 6.04 Å². The summed E-state index contributed by atoms with van der Waals surface area (Å²) in [7, 11) is 0. The molecular formula is C15H22F2N2O2. The Bertz CT molecular complexity index is 451. The molecule has 21 heavy (non-hydrogen) atoms. The lowest BCUT2D eigenvalue weighted by Crippen LogP contribution is -2.36. The Morgan fingerprint density at radius 2 is 1.90 bits per heavy atom. The maximum atomic E-state index is 12.7. The highest BCUT2D eigenvalue weighted by molar-refractivity contribution is 5.75. The van der Waals surface area contributed by atoms with Gasteiger partial charge < -0.3 is 10.0 Å². The van der Waals surface area contributed by atoms with Gasteiger partial charge in [0.2, 0.25) is 0 Å². The van der Waals surface area contributed by atoms with Crippen LogP contribution in [0.5, 0.6) is 0 Å². The lowest BCUT2D eigenvalue weighted by atomic mass is 10.0. The number of alkyl halides is 2. The molecule has 0 saturated carbocycles. The number of aliphatic carboxylic acids is 1. The third-order valence-corrected chi connectivity index (χ3v) is 3.41. The average Bonchev–Trinajstić information content (AvgIpc) is 2.47. The molecule has 0 radical (unpaired) electrons. The van der Waals surface area contributed by atoms with Crippen LogP contribution in [0.2, 0.25) is 0 Å². The van der Waals surface area contributed by atoms with Crippen LogP contribution in [0.3, 0.4) is 0 Å². The first-order valence-electron chi connectivity index (χ1n) is 7.06. The number of benzene rings is 1. The average molecular weight is 300 g/mol. The molecule has 0 aliphatic rings. The summed E-state index contributed by atoms with van der Waals surface area (Å²) in [6, 6.07) is 4.57. The molecule has 4 nitrogen and oxygen atoms in total. The van der Waals surface area contributed by atoms with Gasteiger partial charge in [-0.1, -0.05) is 32.0 Å². The second kappa shape index (κ2) is 8.69. The molecule has 0 aromatic heterocycles. The third-order valence-electron chi connectivity index (χ3n) is 3.41. The largest absolute Gasteiger partial charge is 0.480 e. The van der Waals surface area contributed by atoms with Crippen molar-refractivity contribution in [2.75, 3.05) is 26.2 Å². The molecule has 0 aliphatic heterocycles. The van der Waals surface area contributed by atoms with Crippen LogP contribution in [-0.4, -0.2) is 42.2 Å². The minimum Gasteiger partial charge on any atom is -0.480 e.